The van der Waals surface area contributed by atoms with Gasteiger partial charge in [-0.2, -0.15) is 9.61 Å². The average Bonchev–Trinajstić information content (AvgIpc) is 3.42. The van der Waals surface area contributed by atoms with Crippen molar-refractivity contribution < 1.29 is 19.3 Å². The van der Waals surface area contributed by atoms with Gasteiger partial charge in [-0.25, -0.2) is 4.98 Å². The Morgan fingerprint density at radius 2 is 1.89 bits per heavy atom. The summed E-state index contributed by atoms with van der Waals surface area (Å²) in [5.74, 6) is 2.00. The first kappa shape index (κ1) is 17.9. The summed E-state index contributed by atoms with van der Waals surface area (Å²) < 4.78 is 18.2. The van der Waals surface area contributed by atoms with E-state index in [1.807, 2.05) is 6.07 Å². The zero-order valence-corrected chi connectivity index (χ0v) is 16.3. The molecule has 3 heterocycles. The predicted molar refractivity (Wildman–Crippen MR) is 101 cm³/mol. The molecule has 1 aromatic carbocycles. The van der Waals surface area contributed by atoms with Gasteiger partial charge >= 0.3 is 0 Å². The second kappa shape index (κ2) is 7.24. The molecule has 1 aliphatic heterocycles. The molecule has 0 saturated carbocycles. The van der Waals surface area contributed by atoms with E-state index in [0.717, 1.165) is 36.4 Å². The highest BCUT2D eigenvalue weighted by Gasteiger charge is 2.34. The molecule has 0 unspecified atom stereocenters. The van der Waals surface area contributed by atoms with Crippen LogP contribution < -0.4 is 14.2 Å². The second-order valence-corrected chi connectivity index (χ2v) is 7.35. The smallest absolute Gasteiger partial charge is 0.230 e. The third-order valence-corrected chi connectivity index (χ3v) is 5.99. The van der Waals surface area contributed by atoms with Gasteiger partial charge < -0.3 is 19.3 Å². The Hall–Kier alpha value is -2.52. The summed E-state index contributed by atoms with van der Waals surface area (Å²) >= 11 is 1.43. The number of hydrogen-bond acceptors (Lipinski definition) is 8. The van der Waals surface area contributed by atoms with Gasteiger partial charge in [-0.3, -0.25) is 4.90 Å². The molecule has 8 nitrogen and oxygen atoms in total. The Morgan fingerprint density at radius 3 is 2.52 bits per heavy atom. The summed E-state index contributed by atoms with van der Waals surface area (Å²) in [4.78, 5) is 7.99. The summed E-state index contributed by atoms with van der Waals surface area (Å²) in [7, 11) is 4.85. The molecule has 1 fully saturated rings. The molecule has 0 aliphatic carbocycles. The first-order valence-corrected chi connectivity index (χ1v) is 9.55. The number of hydrogen-bond donors (Lipinski definition) is 1. The molecule has 4 rings (SSSR count). The topological polar surface area (TPSA) is 81.3 Å². The zero-order valence-electron chi connectivity index (χ0n) is 15.5. The molecule has 27 heavy (non-hydrogen) atoms. The third kappa shape index (κ3) is 2.96. The lowest BCUT2D eigenvalue weighted by molar-refractivity contribution is 0.265. The van der Waals surface area contributed by atoms with Gasteiger partial charge in [0.2, 0.25) is 10.8 Å². The molecule has 0 amide bonds. The highest BCUT2D eigenvalue weighted by molar-refractivity contribution is 7.17. The quantitative estimate of drug-likeness (QED) is 0.693. The summed E-state index contributed by atoms with van der Waals surface area (Å²) in [5, 5.41) is 14.9. The molecule has 9 heteroatoms. The Morgan fingerprint density at radius 1 is 1.11 bits per heavy atom. The van der Waals surface area contributed by atoms with Crippen LogP contribution in [0, 0.1) is 0 Å². The molecule has 0 spiro atoms. The van der Waals surface area contributed by atoms with Crippen molar-refractivity contribution in [1.82, 2.24) is 19.5 Å². The highest BCUT2D eigenvalue weighted by atomic mass is 32.1. The van der Waals surface area contributed by atoms with Gasteiger partial charge in [-0.1, -0.05) is 11.3 Å². The zero-order chi connectivity index (χ0) is 19.0. The first-order chi connectivity index (χ1) is 13.2. The molecular weight excluding hydrogens is 368 g/mol. The largest absolute Gasteiger partial charge is 0.497 e. The first-order valence-electron chi connectivity index (χ1n) is 8.73. The normalized spacial score (nSPS) is 16.0. The second-order valence-electron chi connectivity index (χ2n) is 6.34. The Kier molecular flexibility index (Phi) is 4.79. The van der Waals surface area contributed by atoms with Gasteiger partial charge in [0.1, 0.15) is 12.1 Å². The molecule has 2 aromatic heterocycles. The fraction of sp³-hybridized carbons (Fsp3) is 0.444. The van der Waals surface area contributed by atoms with E-state index in [9.17, 15) is 5.11 Å². The van der Waals surface area contributed by atoms with Crippen molar-refractivity contribution in [3.05, 3.63) is 28.9 Å². The van der Waals surface area contributed by atoms with Gasteiger partial charge in [0.25, 0.3) is 0 Å². The number of methoxy groups -OCH3 is 3. The maximum atomic E-state index is 10.8. The minimum atomic E-state index is -0.208. The van der Waals surface area contributed by atoms with E-state index in [0.29, 0.717) is 22.2 Å². The molecule has 0 radical (unpaired) electrons. The average molecular weight is 390 g/mol. The molecule has 1 saturated heterocycles. The molecule has 1 aliphatic rings. The lowest BCUT2D eigenvalue weighted by atomic mass is 10.0. The van der Waals surface area contributed by atoms with Crippen LogP contribution in [-0.2, 0) is 0 Å². The summed E-state index contributed by atoms with van der Waals surface area (Å²) in [6, 6.07) is 3.53. The van der Waals surface area contributed by atoms with Crippen LogP contribution in [0.2, 0.25) is 0 Å². The van der Waals surface area contributed by atoms with Crippen LogP contribution in [0.1, 0.15) is 29.3 Å². The monoisotopic (exact) mass is 390 g/mol. The number of ether oxygens (including phenoxy) is 3. The van der Waals surface area contributed by atoms with E-state index in [2.05, 4.69) is 15.0 Å². The third-order valence-electron chi connectivity index (χ3n) is 4.90. The van der Waals surface area contributed by atoms with E-state index in [1.54, 1.807) is 27.4 Å². The van der Waals surface area contributed by atoms with Gasteiger partial charge in [-0.05, 0) is 32.0 Å². The fourth-order valence-electron chi connectivity index (χ4n) is 3.66. The van der Waals surface area contributed by atoms with E-state index in [-0.39, 0.29) is 11.9 Å². The number of aromatic hydroxyl groups is 1. The van der Waals surface area contributed by atoms with Crippen LogP contribution >= 0.6 is 11.3 Å². The molecule has 144 valence electrons. The van der Waals surface area contributed by atoms with E-state index in [1.165, 1.54) is 22.2 Å². The van der Waals surface area contributed by atoms with Crippen LogP contribution in [0.4, 0.5) is 0 Å². The standard InChI is InChI=1S/C18H22N4O4S/c1-24-11-8-12(15(26-3)13(9-11)25-2)14(21-6-4-5-7-21)16-17(23)22-18(27-16)19-10-20-22/h8-10,14,23H,4-7H2,1-3H3/t14-/m1/s1. The maximum absolute atomic E-state index is 10.8. The van der Waals surface area contributed by atoms with Crippen LogP contribution in [0.25, 0.3) is 4.96 Å². The summed E-state index contributed by atoms with van der Waals surface area (Å²) in [6.45, 7) is 1.86. The van der Waals surface area contributed by atoms with E-state index in [4.69, 9.17) is 14.2 Å². The van der Waals surface area contributed by atoms with Crippen molar-refractivity contribution in [2.24, 2.45) is 0 Å². The predicted octanol–water partition coefficient (Wildman–Crippen LogP) is 2.71. The van der Waals surface area contributed by atoms with E-state index >= 15 is 0 Å². The molecule has 1 N–H and O–H groups in total. The van der Waals surface area contributed by atoms with Crippen molar-refractivity contribution in [3.8, 4) is 23.1 Å². The minimum Gasteiger partial charge on any atom is -0.497 e. The number of aromatic nitrogens is 3. The number of rotatable bonds is 6. The lowest BCUT2D eigenvalue weighted by Gasteiger charge is -2.29. The minimum absolute atomic E-state index is 0.105. The van der Waals surface area contributed by atoms with Crippen LogP contribution in [0.5, 0.6) is 23.1 Å². The van der Waals surface area contributed by atoms with Gasteiger partial charge in [0.15, 0.2) is 11.5 Å². The lowest BCUT2D eigenvalue weighted by Crippen LogP contribution is -2.26. The van der Waals surface area contributed by atoms with Crippen LogP contribution in [0.3, 0.4) is 0 Å². The van der Waals surface area contributed by atoms with Crippen molar-refractivity contribution in [1.29, 1.82) is 0 Å². The Bertz CT molecular complexity index is 948. The van der Waals surface area contributed by atoms with Gasteiger partial charge in [0, 0.05) is 11.6 Å². The number of thiazole rings is 1. The maximum Gasteiger partial charge on any atom is 0.230 e. The van der Waals surface area contributed by atoms with E-state index < -0.39 is 0 Å². The van der Waals surface area contributed by atoms with Crippen LogP contribution in [0.15, 0.2) is 18.5 Å². The summed E-state index contributed by atoms with van der Waals surface area (Å²) in [6.07, 6.45) is 3.66. The molecule has 3 aromatic rings. The molecule has 1 atom stereocenters. The number of benzene rings is 1. The number of likely N-dealkylation sites (tertiary alicyclic amines) is 1. The Balaban J connectivity index is 1.94. The van der Waals surface area contributed by atoms with Gasteiger partial charge in [0.05, 0.1) is 32.2 Å². The van der Waals surface area contributed by atoms with Gasteiger partial charge in [-0.15, -0.1) is 0 Å². The molecule has 0 bridgehead atoms. The summed E-state index contributed by atoms with van der Waals surface area (Å²) in [5.41, 5.74) is 0.885. The SMILES string of the molecule is COc1cc(OC)c(OC)c([C@H](c2sc3ncnn3c2O)N2CCCC2)c1. The van der Waals surface area contributed by atoms with Crippen LogP contribution in [-0.4, -0.2) is 59.0 Å². The fourth-order valence-corrected chi connectivity index (χ4v) is 4.75. The highest BCUT2D eigenvalue weighted by Crippen LogP contribution is 2.47. The number of fused-ring (bicyclic) bond motifs is 1. The Labute approximate surface area is 160 Å². The van der Waals surface area contributed by atoms with Crippen molar-refractivity contribution in [2.75, 3.05) is 34.4 Å². The van der Waals surface area contributed by atoms with Crippen molar-refractivity contribution >= 4 is 16.3 Å². The van der Waals surface area contributed by atoms with Crippen molar-refractivity contribution in [3.63, 3.8) is 0 Å². The number of nitrogens with zero attached hydrogens (tertiary/aromatic N) is 4. The van der Waals surface area contributed by atoms with Crippen molar-refractivity contribution in [2.45, 2.75) is 18.9 Å². The molecular formula is C18H22N4O4S.